The Kier molecular flexibility index (Phi) is 5.33. The molecule has 9 heteroatoms. The first-order chi connectivity index (χ1) is 14.6. The molecule has 150 valence electrons. The second-order valence-corrected chi connectivity index (χ2v) is 6.58. The number of nitrogens with zero attached hydrogens (tertiary/aromatic N) is 4. The predicted octanol–water partition coefficient (Wildman–Crippen LogP) is 2.65. The number of aromatic nitrogens is 5. The summed E-state index contributed by atoms with van der Waals surface area (Å²) in [5.41, 5.74) is 2.67. The summed E-state index contributed by atoms with van der Waals surface area (Å²) >= 11 is 0. The van der Waals surface area contributed by atoms with Crippen molar-refractivity contribution in [2.75, 3.05) is 5.32 Å². The van der Waals surface area contributed by atoms with E-state index in [0.717, 1.165) is 11.1 Å². The van der Waals surface area contributed by atoms with Crippen molar-refractivity contribution in [1.29, 1.82) is 0 Å². The molecule has 3 N–H and O–H groups in total. The Bertz CT molecular complexity index is 1200. The van der Waals surface area contributed by atoms with E-state index in [1.807, 2.05) is 24.4 Å². The highest BCUT2D eigenvalue weighted by Crippen LogP contribution is 2.18. The van der Waals surface area contributed by atoms with E-state index in [9.17, 15) is 9.59 Å². The van der Waals surface area contributed by atoms with E-state index in [0.29, 0.717) is 29.6 Å². The summed E-state index contributed by atoms with van der Waals surface area (Å²) in [6.45, 7) is 2.07. The Morgan fingerprint density at radius 2 is 2.00 bits per heavy atom. The number of anilines is 1. The van der Waals surface area contributed by atoms with Gasteiger partial charge in [0.1, 0.15) is 5.82 Å². The molecule has 3 aromatic heterocycles. The molecule has 0 saturated carbocycles. The Morgan fingerprint density at radius 1 is 1.17 bits per heavy atom. The van der Waals surface area contributed by atoms with Crippen molar-refractivity contribution in [2.24, 2.45) is 0 Å². The molecule has 0 saturated heterocycles. The van der Waals surface area contributed by atoms with Crippen molar-refractivity contribution in [3.05, 3.63) is 88.9 Å². The third-order valence-corrected chi connectivity index (χ3v) is 4.30. The second kappa shape index (κ2) is 8.39. The molecule has 4 rings (SSSR count). The number of benzene rings is 1. The largest absolute Gasteiger partial charge is 0.334 e. The Hall–Kier alpha value is -4.27. The zero-order valence-corrected chi connectivity index (χ0v) is 16.2. The van der Waals surface area contributed by atoms with Crippen LogP contribution in [0.25, 0.3) is 17.1 Å². The summed E-state index contributed by atoms with van der Waals surface area (Å²) in [4.78, 5) is 35.0. The number of nitrogens with one attached hydrogen (secondary N) is 3. The van der Waals surface area contributed by atoms with Crippen LogP contribution >= 0.6 is 0 Å². The standard InChI is InChI=1S/C21H19N7O2/c1-14-25-18(11-20(29)26-14)16-4-6-17(7-5-16)27-21(30)23-13-15-3-8-19(22-12-15)28-10-2-9-24-28/h2-12H,13H2,1H3,(H2,23,27,30)(H,25,26,29). The number of rotatable bonds is 5. The molecule has 0 spiro atoms. The van der Waals surface area contributed by atoms with Crippen LogP contribution in [0.2, 0.25) is 0 Å². The van der Waals surface area contributed by atoms with Gasteiger partial charge in [-0.3, -0.25) is 4.79 Å². The number of carbonyl (C=O) groups excluding carboxylic acids is 1. The van der Waals surface area contributed by atoms with E-state index in [4.69, 9.17) is 0 Å². The number of amides is 2. The van der Waals surface area contributed by atoms with Crippen molar-refractivity contribution < 1.29 is 4.79 Å². The first-order valence-corrected chi connectivity index (χ1v) is 9.25. The number of carbonyl (C=O) groups is 1. The molecule has 3 heterocycles. The third kappa shape index (κ3) is 4.58. The quantitative estimate of drug-likeness (QED) is 0.475. The third-order valence-electron chi connectivity index (χ3n) is 4.30. The van der Waals surface area contributed by atoms with E-state index in [1.54, 1.807) is 48.3 Å². The molecular formula is C21H19N7O2. The molecule has 1 aromatic carbocycles. The molecule has 0 fully saturated rings. The number of hydrogen-bond donors (Lipinski definition) is 3. The lowest BCUT2D eigenvalue weighted by Crippen LogP contribution is -2.28. The van der Waals surface area contributed by atoms with Crippen molar-refractivity contribution in [1.82, 2.24) is 30.0 Å². The summed E-state index contributed by atoms with van der Waals surface area (Å²) in [7, 11) is 0. The van der Waals surface area contributed by atoms with Crippen LogP contribution in [0.1, 0.15) is 11.4 Å². The summed E-state index contributed by atoms with van der Waals surface area (Å²) in [6.07, 6.45) is 5.19. The molecule has 9 nitrogen and oxygen atoms in total. The van der Waals surface area contributed by atoms with Crippen LogP contribution in [0.3, 0.4) is 0 Å². The smallest absolute Gasteiger partial charge is 0.319 e. The van der Waals surface area contributed by atoms with Gasteiger partial charge < -0.3 is 15.6 Å². The zero-order valence-electron chi connectivity index (χ0n) is 16.2. The average molecular weight is 401 g/mol. The Labute approximate surface area is 171 Å². The van der Waals surface area contributed by atoms with Gasteiger partial charge in [-0.05, 0) is 36.8 Å². The first-order valence-electron chi connectivity index (χ1n) is 9.25. The van der Waals surface area contributed by atoms with E-state index in [2.05, 4.69) is 30.7 Å². The van der Waals surface area contributed by atoms with Crippen molar-refractivity contribution in [3.8, 4) is 17.1 Å². The number of pyridine rings is 1. The lowest BCUT2D eigenvalue weighted by Gasteiger charge is -2.09. The van der Waals surface area contributed by atoms with Crippen LogP contribution in [0, 0.1) is 6.92 Å². The molecule has 0 unspecified atom stereocenters. The van der Waals surface area contributed by atoms with E-state index >= 15 is 0 Å². The SMILES string of the molecule is Cc1nc(-c2ccc(NC(=O)NCc3ccc(-n4cccn4)nc3)cc2)cc(=O)[nH]1. The molecule has 4 aromatic rings. The van der Waals surface area contributed by atoms with Gasteiger partial charge in [0.15, 0.2) is 5.82 Å². The topological polar surface area (TPSA) is 118 Å². The summed E-state index contributed by atoms with van der Waals surface area (Å²) < 4.78 is 1.66. The van der Waals surface area contributed by atoms with Crippen LogP contribution in [0.4, 0.5) is 10.5 Å². The highest BCUT2D eigenvalue weighted by atomic mass is 16.2. The van der Waals surface area contributed by atoms with Crippen molar-refractivity contribution in [3.63, 3.8) is 0 Å². The summed E-state index contributed by atoms with van der Waals surface area (Å²) in [6, 6.07) is 13.8. The number of aromatic amines is 1. The Morgan fingerprint density at radius 3 is 2.67 bits per heavy atom. The van der Waals surface area contributed by atoms with Crippen LogP contribution in [0.5, 0.6) is 0 Å². The fourth-order valence-electron chi connectivity index (χ4n) is 2.87. The lowest BCUT2D eigenvalue weighted by molar-refractivity contribution is 0.251. The molecule has 30 heavy (non-hydrogen) atoms. The number of aryl methyl sites for hydroxylation is 1. The maximum absolute atomic E-state index is 12.2. The predicted molar refractivity (Wildman–Crippen MR) is 112 cm³/mol. The minimum absolute atomic E-state index is 0.203. The average Bonchev–Trinajstić information content (AvgIpc) is 3.27. The minimum atomic E-state index is -0.330. The van der Waals surface area contributed by atoms with E-state index < -0.39 is 0 Å². The molecule has 0 aliphatic heterocycles. The van der Waals surface area contributed by atoms with Crippen molar-refractivity contribution >= 4 is 11.7 Å². The normalized spacial score (nSPS) is 10.6. The minimum Gasteiger partial charge on any atom is -0.334 e. The lowest BCUT2D eigenvalue weighted by atomic mass is 10.1. The van der Waals surface area contributed by atoms with Crippen LogP contribution < -0.4 is 16.2 Å². The fourth-order valence-corrected chi connectivity index (χ4v) is 2.87. The molecule has 0 radical (unpaired) electrons. The maximum atomic E-state index is 12.2. The molecule has 0 aliphatic carbocycles. The number of hydrogen-bond acceptors (Lipinski definition) is 5. The summed E-state index contributed by atoms with van der Waals surface area (Å²) in [5, 5.41) is 9.69. The van der Waals surface area contributed by atoms with Gasteiger partial charge in [0.2, 0.25) is 0 Å². The van der Waals surface area contributed by atoms with Crippen LogP contribution in [-0.4, -0.2) is 30.8 Å². The van der Waals surface area contributed by atoms with Crippen molar-refractivity contribution in [2.45, 2.75) is 13.5 Å². The second-order valence-electron chi connectivity index (χ2n) is 6.58. The van der Waals surface area contributed by atoms with Gasteiger partial charge in [0, 0.05) is 42.5 Å². The van der Waals surface area contributed by atoms with E-state index in [1.165, 1.54) is 6.07 Å². The van der Waals surface area contributed by atoms with Gasteiger partial charge in [-0.2, -0.15) is 5.10 Å². The monoisotopic (exact) mass is 401 g/mol. The summed E-state index contributed by atoms with van der Waals surface area (Å²) in [5.74, 6) is 1.25. The molecule has 0 bridgehead atoms. The maximum Gasteiger partial charge on any atom is 0.319 e. The van der Waals surface area contributed by atoms with Gasteiger partial charge in [0.25, 0.3) is 5.56 Å². The van der Waals surface area contributed by atoms with Gasteiger partial charge in [-0.25, -0.2) is 19.4 Å². The number of urea groups is 1. The van der Waals surface area contributed by atoms with E-state index in [-0.39, 0.29) is 11.6 Å². The highest BCUT2D eigenvalue weighted by molar-refractivity contribution is 5.89. The fraction of sp³-hybridized carbons (Fsp3) is 0.0952. The molecule has 0 atom stereocenters. The molecule has 0 aliphatic rings. The zero-order chi connectivity index (χ0) is 20.9. The van der Waals surface area contributed by atoms with Gasteiger partial charge >= 0.3 is 6.03 Å². The number of H-pyrrole nitrogens is 1. The highest BCUT2D eigenvalue weighted by Gasteiger charge is 2.05. The molecule has 2 amide bonds. The van der Waals surface area contributed by atoms with Gasteiger partial charge in [-0.15, -0.1) is 0 Å². The molecular weight excluding hydrogens is 382 g/mol. The van der Waals surface area contributed by atoms with Crippen LogP contribution in [0.15, 0.2) is 71.9 Å². The first kappa shape index (κ1) is 19.1. The Balaban J connectivity index is 1.33. The van der Waals surface area contributed by atoms with Gasteiger partial charge in [0.05, 0.1) is 5.69 Å². The van der Waals surface area contributed by atoms with Gasteiger partial charge in [-0.1, -0.05) is 18.2 Å². The van der Waals surface area contributed by atoms with Crippen LogP contribution in [-0.2, 0) is 6.54 Å².